The monoisotopic (exact) mass is 450 g/mol. The first-order valence-electron chi connectivity index (χ1n) is 10.8. The van der Waals surface area contributed by atoms with E-state index in [4.69, 9.17) is 0 Å². The van der Waals surface area contributed by atoms with E-state index in [1.54, 1.807) is 0 Å². The summed E-state index contributed by atoms with van der Waals surface area (Å²) in [5, 5.41) is 2.91. The van der Waals surface area contributed by atoms with E-state index in [1.807, 2.05) is 18.2 Å². The van der Waals surface area contributed by atoms with Gasteiger partial charge in [-0.15, -0.1) is 12.4 Å². The van der Waals surface area contributed by atoms with Crippen LogP contribution in [0.25, 0.3) is 6.08 Å². The van der Waals surface area contributed by atoms with E-state index >= 15 is 0 Å². The van der Waals surface area contributed by atoms with E-state index in [1.165, 1.54) is 46.7 Å². The van der Waals surface area contributed by atoms with Crippen LogP contribution >= 0.6 is 12.4 Å². The number of halogens is 2. The van der Waals surface area contributed by atoms with Crippen LogP contribution in [0.2, 0.25) is 0 Å². The van der Waals surface area contributed by atoms with Gasteiger partial charge in [0.05, 0.1) is 0 Å². The molecule has 0 heterocycles. The zero-order valence-corrected chi connectivity index (χ0v) is 19.0. The zero-order chi connectivity index (χ0) is 21.6. The van der Waals surface area contributed by atoms with E-state index in [9.17, 15) is 9.18 Å². The van der Waals surface area contributed by atoms with Crippen LogP contribution in [0.1, 0.15) is 40.4 Å². The average molecular weight is 451 g/mol. The van der Waals surface area contributed by atoms with Crippen LogP contribution in [-0.2, 0) is 12.8 Å². The van der Waals surface area contributed by atoms with E-state index in [0.29, 0.717) is 5.56 Å². The molecule has 1 aliphatic carbocycles. The number of carbonyl (C=O) groups excluding carboxylic acids is 1. The molecule has 0 aliphatic heterocycles. The van der Waals surface area contributed by atoms with Gasteiger partial charge in [-0.25, -0.2) is 4.39 Å². The van der Waals surface area contributed by atoms with Crippen LogP contribution < -0.4 is 5.32 Å². The summed E-state index contributed by atoms with van der Waals surface area (Å²) in [5.41, 5.74) is 6.46. The van der Waals surface area contributed by atoms with Crippen LogP contribution in [0, 0.1) is 5.82 Å². The molecule has 0 radical (unpaired) electrons. The average Bonchev–Trinajstić information content (AvgIpc) is 3.21. The molecule has 0 saturated carbocycles. The van der Waals surface area contributed by atoms with E-state index in [-0.39, 0.29) is 24.1 Å². The number of rotatable bonds is 8. The molecule has 1 amide bonds. The van der Waals surface area contributed by atoms with Gasteiger partial charge < -0.3 is 10.2 Å². The number of anilines is 1. The molecule has 0 spiro atoms. The highest BCUT2D eigenvalue weighted by atomic mass is 35.5. The van der Waals surface area contributed by atoms with Crippen LogP contribution in [0.3, 0.4) is 0 Å². The van der Waals surface area contributed by atoms with E-state index in [0.717, 1.165) is 38.0 Å². The Bertz CT molecular complexity index is 1090. The fourth-order valence-corrected chi connectivity index (χ4v) is 4.01. The molecule has 166 valence electrons. The first-order valence-corrected chi connectivity index (χ1v) is 10.8. The Labute approximate surface area is 195 Å². The third-order valence-corrected chi connectivity index (χ3v) is 5.61. The zero-order valence-electron chi connectivity index (χ0n) is 18.2. The van der Waals surface area contributed by atoms with Gasteiger partial charge in [0.25, 0.3) is 5.91 Å². The van der Waals surface area contributed by atoms with Gasteiger partial charge in [-0.05, 0) is 72.0 Å². The van der Waals surface area contributed by atoms with Crippen molar-refractivity contribution >= 4 is 30.1 Å². The molecule has 0 bridgehead atoms. The highest BCUT2D eigenvalue weighted by Gasteiger charge is 2.17. The summed E-state index contributed by atoms with van der Waals surface area (Å²) in [6, 6.07) is 22.1. The first-order chi connectivity index (χ1) is 15.1. The molecular formula is C27H28ClFN2O. The SMILES string of the molecule is CCCN(CCc1cccc(NC(=O)c2ccc(F)cc2)c1)C1=Cc2ccccc2C1.Cl. The predicted octanol–water partition coefficient (Wildman–Crippen LogP) is 6.35. The minimum absolute atomic E-state index is 0. The summed E-state index contributed by atoms with van der Waals surface area (Å²) < 4.78 is 13.1. The molecular weight excluding hydrogens is 423 g/mol. The highest BCUT2D eigenvalue weighted by molar-refractivity contribution is 6.04. The fraction of sp³-hybridized carbons (Fsp3) is 0.222. The van der Waals surface area contributed by atoms with Gasteiger partial charge in [0.15, 0.2) is 0 Å². The summed E-state index contributed by atoms with van der Waals surface area (Å²) in [4.78, 5) is 14.9. The molecule has 0 atom stereocenters. The number of hydrogen-bond donors (Lipinski definition) is 1. The number of nitrogens with zero attached hydrogens (tertiary/aromatic N) is 1. The molecule has 3 aromatic rings. The minimum atomic E-state index is -0.351. The van der Waals surface area contributed by atoms with Gasteiger partial charge in [-0.3, -0.25) is 4.79 Å². The summed E-state index contributed by atoms with van der Waals surface area (Å²) in [6.07, 6.45) is 5.30. The Morgan fingerprint density at radius 1 is 1.00 bits per heavy atom. The third kappa shape index (κ3) is 5.77. The smallest absolute Gasteiger partial charge is 0.255 e. The molecule has 3 aromatic carbocycles. The molecule has 32 heavy (non-hydrogen) atoms. The van der Waals surface area contributed by atoms with Gasteiger partial charge in [-0.2, -0.15) is 0 Å². The molecule has 0 aromatic heterocycles. The molecule has 5 heteroatoms. The Balaban J connectivity index is 0.00000289. The van der Waals surface area contributed by atoms with Crippen molar-refractivity contribution in [1.29, 1.82) is 0 Å². The maximum atomic E-state index is 13.1. The van der Waals surface area contributed by atoms with Crippen molar-refractivity contribution in [3.63, 3.8) is 0 Å². The lowest BCUT2D eigenvalue weighted by atomic mass is 10.1. The standard InChI is InChI=1S/C27H27FN2O.ClH/c1-2-15-30(26-18-22-7-3-4-8-23(22)19-26)16-14-20-6-5-9-25(17-20)29-27(31)21-10-12-24(28)13-11-21;/h3-13,17-18H,2,14-16,19H2,1H3,(H,29,31);1H. The summed E-state index contributed by atoms with van der Waals surface area (Å²) in [6.45, 7) is 4.17. The number of nitrogens with one attached hydrogen (secondary N) is 1. The van der Waals surface area contributed by atoms with Crippen molar-refractivity contribution in [2.24, 2.45) is 0 Å². The predicted molar refractivity (Wildman–Crippen MR) is 132 cm³/mol. The molecule has 4 rings (SSSR count). The summed E-state index contributed by atoms with van der Waals surface area (Å²) in [7, 11) is 0. The second kappa shape index (κ2) is 11.0. The van der Waals surface area contributed by atoms with Crippen molar-refractivity contribution in [3.05, 3.63) is 107 Å². The van der Waals surface area contributed by atoms with Crippen molar-refractivity contribution in [2.75, 3.05) is 18.4 Å². The van der Waals surface area contributed by atoms with Crippen LogP contribution in [0.4, 0.5) is 10.1 Å². The Morgan fingerprint density at radius 3 is 2.53 bits per heavy atom. The number of fused-ring (bicyclic) bond motifs is 1. The molecule has 3 nitrogen and oxygen atoms in total. The van der Waals surface area contributed by atoms with Gasteiger partial charge >= 0.3 is 0 Å². The highest BCUT2D eigenvalue weighted by Crippen LogP contribution is 2.27. The normalized spacial score (nSPS) is 11.9. The van der Waals surface area contributed by atoms with Crippen LogP contribution in [0.15, 0.2) is 78.5 Å². The molecule has 0 saturated heterocycles. The number of carbonyl (C=O) groups is 1. The van der Waals surface area contributed by atoms with Crippen LogP contribution in [-0.4, -0.2) is 23.9 Å². The third-order valence-electron chi connectivity index (χ3n) is 5.61. The number of amides is 1. The lowest BCUT2D eigenvalue weighted by Crippen LogP contribution is -2.26. The van der Waals surface area contributed by atoms with Gasteiger partial charge in [-0.1, -0.05) is 43.3 Å². The van der Waals surface area contributed by atoms with Crippen molar-refractivity contribution < 1.29 is 9.18 Å². The Hall–Kier alpha value is -3.11. The second-order valence-corrected chi connectivity index (χ2v) is 7.91. The Morgan fingerprint density at radius 2 is 1.78 bits per heavy atom. The summed E-state index contributed by atoms with van der Waals surface area (Å²) in [5.74, 6) is -0.589. The van der Waals surface area contributed by atoms with E-state index in [2.05, 4.69) is 53.5 Å². The van der Waals surface area contributed by atoms with Crippen molar-refractivity contribution in [2.45, 2.75) is 26.2 Å². The molecule has 0 fully saturated rings. The largest absolute Gasteiger partial charge is 0.374 e. The Kier molecular flexibility index (Phi) is 8.07. The second-order valence-electron chi connectivity index (χ2n) is 7.91. The quantitative estimate of drug-likeness (QED) is 0.433. The maximum Gasteiger partial charge on any atom is 0.255 e. The van der Waals surface area contributed by atoms with Crippen molar-refractivity contribution in [3.8, 4) is 0 Å². The topological polar surface area (TPSA) is 32.3 Å². The number of allylic oxidation sites excluding steroid dienone is 1. The molecule has 0 unspecified atom stereocenters. The maximum absolute atomic E-state index is 13.1. The lowest BCUT2D eigenvalue weighted by Gasteiger charge is -2.26. The van der Waals surface area contributed by atoms with Gasteiger partial charge in [0.2, 0.25) is 0 Å². The number of hydrogen-bond acceptors (Lipinski definition) is 2. The molecule has 1 aliphatic rings. The fourth-order valence-electron chi connectivity index (χ4n) is 4.01. The van der Waals surface area contributed by atoms with Gasteiger partial charge in [0, 0.05) is 36.5 Å². The molecule has 1 N–H and O–H groups in total. The summed E-state index contributed by atoms with van der Waals surface area (Å²) >= 11 is 0. The van der Waals surface area contributed by atoms with E-state index < -0.39 is 0 Å². The minimum Gasteiger partial charge on any atom is -0.374 e. The van der Waals surface area contributed by atoms with Crippen molar-refractivity contribution in [1.82, 2.24) is 4.90 Å². The first kappa shape index (κ1) is 23.6. The number of benzene rings is 3. The van der Waals surface area contributed by atoms with Gasteiger partial charge in [0.1, 0.15) is 5.82 Å². The van der Waals surface area contributed by atoms with Crippen LogP contribution in [0.5, 0.6) is 0 Å². The lowest BCUT2D eigenvalue weighted by molar-refractivity contribution is 0.102.